The quantitative estimate of drug-likeness (QED) is 0.698. The van der Waals surface area contributed by atoms with Gasteiger partial charge in [0.1, 0.15) is 5.25 Å². The first-order chi connectivity index (χ1) is 6.88. The van der Waals surface area contributed by atoms with Gasteiger partial charge in [-0.2, -0.15) is 0 Å². The van der Waals surface area contributed by atoms with Crippen molar-refractivity contribution in [3.8, 4) is 0 Å². The van der Waals surface area contributed by atoms with E-state index in [1.54, 1.807) is 6.92 Å². The van der Waals surface area contributed by atoms with Gasteiger partial charge >= 0.3 is 0 Å². The first-order valence-electron chi connectivity index (χ1n) is 5.31. The zero-order valence-corrected chi connectivity index (χ0v) is 10.8. The van der Waals surface area contributed by atoms with Gasteiger partial charge in [0, 0.05) is 28.6 Å². The standard InChI is InChI=1S/C10H22N2O2S/c1-5-9(11)6-15(14)8(4)10(13)12-7(2)3/h7-9H,5-6,11H2,1-4H3,(H,12,13). The smallest absolute Gasteiger partial charge is 0.235 e. The van der Waals surface area contributed by atoms with Gasteiger partial charge in [-0.1, -0.05) is 6.92 Å². The molecular weight excluding hydrogens is 212 g/mol. The summed E-state index contributed by atoms with van der Waals surface area (Å²) in [4.78, 5) is 11.5. The fourth-order valence-corrected chi connectivity index (χ4v) is 2.25. The lowest BCUT2D eigenvalue weighted by Gasteiger charge is -2.16. The normalized spacial score (nSPS) is 17.2. The Balaban J connectivity index is 4.13. The molecule has 0 aliphatic carbocycles. The van der Waals surface area contributed by atoms with Crippen LogP contribution in [0.4, 0.5) is 0 Å². The third kappa shape index (κ3) is 5.89. The van der Waals surface area contributed by atoms with E-state index < -0.39 is 16.0 Å². The molecule has 15 heavy (non-hydrogen) atoms. The second-order valence-corrected chi connectivity index (χ2v) is 5.82. The highest BCUT2D eigenvalue weighted by Gasteiger charge is 2.21. The van der Waals surface area contributed by atoms with Crippen LogP contribution in [0, 0.1) is 0 Å². The molecule has 0 aromatic heterocycles. The van der Waals surface area contributed by atoms with Gasteiger partial charge in [0.05, 0.1) is 0 Å². The molecule has 0 saturated carbocycles. The van der Waals surface area contributed by atoms with Crippen molar-refractivity contribution in [2.24, 2.45) is 5.73 Å². The van der Waals surface area contributed by atoms with Crippen LogP contribution in [0.15, 0.2) is 0 Å². The molecule has 0 radical (unpaired) electrons. The molecule has 3 unspecified atom stereocenters. The lowest BCUT2D eigenvalue weighted by molar-refractivity contribution is -0.120. The molecule has 0 aromatic carbocycles. The number of hydrogen-bond acceptors (Lipinski definition) is 3. The molecule has 0 aliphatic rings. The summed E-state index contributed by atoms with van der Waals surface area (Å²) in [6, 6.07) is -0.00284. The first kappa shape index (κ1) is 14.6. The minimum Gasteiger partial charge on any atom is -0.353 e. The third-order valence-electron chi connectivity index (χ3n) is 2.10. The van der Waals surface area contributed by atoms with Crippen LogP contribution in [0.3, 0.4) is 0 Å². The van der Waals surface area contributed by atoms with E-state index in [1.807, 2.05) is 20.8 Å². The summed E-state index contributed by atoms with van der Waals surface area (Å²) in [7, 11) is -1.18. The van der Waals surface area contributed by atoms with Crippen LogP contribution >= 0.6 is 0 Å². The molecule has 0 fully saturated rings. The predicted octanol–water partition coefficient (Wildman–Crippen LogP) is 0.386. The van der Waals surface area contributed by atoms with Crippen LogP contribution in [-0.4, -0.2) is 33.2 Å². The van der Waals surface area contributed by atoms with Crippen LogP contribution in [0.25, 0.3) is 0 Å². The Morgan fingerprint density at radius 3 is 2.33 bits per heavy atom. The van der Waals surface area contributed by atoms with Crippen molar-refractivity contribution in [2.75, 3.05) is 5.75 Å². The number of rotatable bonds is 6. The maximum Gasteiger partial charge on any atom is 0.235 e. The van der Waals surface area contributed by atoms with E-state index in [0.29, 0.717) is 5.75 Å². The summed E-state index contributed by atoms with van der Waals surface area (Å²) in [5.74, 6) is 0.232. The SMILES string of the molecule is CCC(N)CS(=O)C(C)C(=O)NC(C)C. The van der Waals surface area contributed by atoms with Crippen LogP contribution in [0.2, 0.25) is 0 Å². The molecule has 90 valence electrons. The fraction of sp³-hybridized carbons (Fsp3) is 0.900. The highest BCUT2D eigenvalue weighted by atomic mass is 32.2. The maximum absolute atomic E-state index is 11.7. The van der Waals surface area contributed by atoms with Gasteiger partial charge in [-0.05, 0) is 27.2 Å². The van der Waals surface area contributed by atoms with E-state index in [4.69, 9.17) is 5.73 Å². The van der Waals surface area contributed by atoms with Gasteiger partial charge in [0.25, 0.3) is 0 Å². The van der Waals surface area contributed by atoms with E-state index >= 15 is 0 Å². The second-order valence-electron chi connectivity index (χ2n) is 4.02. The molecule has 3 atom stereocenters. The molecule has 5 heteroatoms. The monoisotopic (exact) mass is 234 g/mol. The Labute approximate surface area is 94.4 Å². The van der Waals surface area contributed by atoms with Gasteiger partial charge in [-0.3, -0.25) is 9.00 Å². The molecule has 0 saturated heterocycles. The van der Waals surface area contributed by atoms with Crippen LogP contribution < -0.4 is 11.1 Å². The molecule has 0 heterocycles. The zero-order valence-electron chi connectivity index (χ0n) is 9.95. The highest BCUT2D eigenvalue weighted by molar-refractivity contribution is 7.86. The Hall–Kier alpha value is -0.420. The predicted molar refractivity (Wildman–Crippen MR) is 64.0 cm³/mol. The van der Waals surface area contributed by atoms with Gasteiger partial charge in [-0.25, -0.2) is 0 Å². The largest absolute Gasteiger partial charge is 0.353 e. The average Bonchev–Trinajstić information content (AvgIpc) is 2.15. The highest BCUT2D eigenvalue weighted by Crippen LogP contribution is 2.00. The van der Waals surface area contributed by atoms with Crippen molar-refractivity contribution in [1.29, 1.82) is 0 Å². The van der Waals surface area contributed by atoms with Crippen molar-refractivity contribution in [1.82, 2.24) is 5.32 Å². The molecule has 0 aromatic rings. The zero-order chi connectivity index (χ0) is 12.0. The number of amides is 1. The van der Waals surface area contributed by atoms with Crippen molar-refractivity contribution in [3.63, 3.8) is 0 Å². The number of carbonyl (C=O) groups excluding carboxylic acids is 1. The van der Waals surface area contributed by atoms with Crippen LogP contribution in [0.1, 0.15) is 34.1 Å². The van der Waals surface area contributed by atoms with Gasteiger partial charge in [0.15, 0.2) is 0 Å². The summed E-state index contributed by atoms with van der Waals surface area (Å²) in [6.45, 7) is 7.38. The second kappa shape index (κ2) is 6.95. The number of nitrogens with one attached hydrogen (secondary N) is 1. The number of nitrogens with two attached hydrogens (primary N) is 1. The first-order valence-corrected chi connectivity index (χ1v) is 6.69. The lowest BCUT2D eigenvalue weighted by atomic mass is 10.3. The third-order valence-corrected chi connectivity index (χ3v) is 3.86. The van der Waals surface area contributed by atoms with E-state index in [9.17, 15) is 9.00 Å². The van der Waals surface area contributed by atoms with Crippen molar-refractivity contribution in [3.05, 3.63) is 0 Å². The summed E-state index contributed by atoms with van der Waals surface area (Å²) in [5.41, 5.74) is 5.69. The maximum atomic E-state index is 11.7. The Morgan fingerprint density at radius 1 is 1.40 bits per heavy atom. The van der Waals surface area contributed by atoms with Crippen LogP contribution in [-0.2, 0) is 15.6 Å². The lowest BCUT2D eigenvalue weighted by Crippen LogP contribution is -2.41. The van der Waals surface area contributed by atoms with Gasteiger partial charge in [0.2, 0.25) is 5.91 Å². The minimum absolute atomic E-state index is 0.0804. The Morgan fingerprint density at radius 2 is 1.93 bits per heavy atom. The van der Waals surface area contributed by atoms with Crippen molar-refractivity contribution < 1.29 is 9.00 Å². The van der Waals surface area contributed by atoms with E-state index in [1.165, 1.54) is 0 Å². The van der Waals surface area contributed by atoms with Crippen molar-refractivity contribution >= 4 is 16.7 Å². The van der Waals surface area contributed by atoms with Crippen molar-refractivity contribution in [2.45, 2.75) is 51.4 Å². The number of hydrogen-bond donors (Lipinski definition) is 2. The summed E-state index contributed by atoms with van der Waals surface area (Å²) in [6.07, 6.45) is 0.782. The Kier molecular flexibility index (Phi) is 6.76. The van der Waals surface area contributed by atoms with Gasteiger partial charge < -0.3 is 11.1 Å². The topological polar surface area (TPSA) is 72.2 Å². The molecule has 4 nitrogen and oxygen atoms in total. The number of carbonyl (C=O) groups is 1. The van der Waals surface area contributed by atoms with E-state index in [-0.39, 0.29) is 18.0 Å². The molecule has 3 N–H and O–H groups in total. The Bertz CT molecular complexity index is 231. The molecule has 0 bridgehead atoms. The van der Waals surface area contributed by atoms with E-state index in [0.717, 1.165) is 6.42 Å². The fourth-order valence-electron chi connectivity index (χ4n) is 0.994. The molecule has 1 amide bonds. The summed E-state index contributed by atoms with van der Waals surface area (Å²) in [5, 5.41) is 2.26. The average molecular weight is 234 g/mol. The molecule has 0 aliphatic heterocycles. The minimum atomic E-state index is -1.18. The molecule has 0 spiro atoms. The van der Waals surface area contributed by atoms with E-state index in [2.05, 4.69) is 5.32 Å². The molecule has 0 rings (SSSR count). The van der Waals surface area contributed by atoms with Crippen LogP contribution in [0.5, 0.6) is 0 Å². The summed E-state index contributed by atoms with van der Waals surface area (Å²) < 4.78 is 11.7. The summed E-state index contributed by atoms with van der Waals surface area (Å²) >= 11 is 0. The molecular formula is C10H22N2O2S. The van der Waals surface area contributed by atoms with Gasteiger partial charge in [-0.15, -0.1) is 0 Å².